The van der Waals surface area contributed by atoms with E-state index in [2.05, 4.69) is 5.32 Å². The first-order valence-corrected chi connectivity index (χ1v) is 6.57. The van der Waals surface area contributed by atoms with Crippen LogP contribution in [0.1, 0.15) is 24.2 Å². The molecule has 1 unspecified atom stereocenters. The van der Waals surface area contributed by atoms with Crippen LogP contribution < -0.4 is 10.1 Å². The molecule has 1 aromatic carbocycles. The van der Waals surface area contributed by atoms with Gasteiger partial charge in [-0.2, -0.15) is 0 Å². The van der Waals surface area contributed by atoms with Crippen LogP contribution in [-0.4, -0.2) is 38.7 Å². The lowest BCUT2D eigenvalue weighted by molar-refractivity contribution is -0.0324. The summed E-state index contributed by atoms with van der Waals surface area (Å²) in [5.74, 6) is 0.782. The van der Waals surface area contributed by atoms with Gasteiger partial charge in [0, 0.05) is 18.7 Å². The van der Waals surface area contributed by atoms with Gasteiger partial charge in [0.05, 0.1) is 25.2 Å². The van der Waals surface area contributed by atoms with Gasteiger partial charge in [-0.3, -0.25) is 4.79 Å². The summed E-state index contributed by atoms with van der Waals surface area (Å²) in [7, 11) is 1.60. The first-order valence-electron chi connectivity index (χ1n) is 6.57. The second kappa shape index (κ2) is 5.72. The molecule has 0 aromatic heterocycles. The molecule has 19 heavy (non-hydrogen) atoms. The van der Waals surface area contributed by atoms with Crippen molar-refractivity contribution in [2.45, 2.75) is 20.0 Å². The van der Waals surface area contributed by atoms with Crippen LogP contribution in [0.5, 0.6) is 5.75 Å². The highest BCUT2D eigenvalue weighted by Gasteiger charge is 2.38. The van der Waals surface area contributed by atoms with E-state index in [0.29, 0.717) is 24.5 Å². The highest BCUT2D eigenvalue weighted by Crippen LogP contribution is 2.30. The van der Waals surface area contributed by atoms with Crippen molar-refractivity contribution < 1.29 is 14.3 Å². The van der Waals surface area contributed by atoms with Crippen LogP contribution in [-0.2, 0) is 4.74 Å². The van der Waals surface area contributed by atoms with Crippen LogP contribution in [0.15, 0.2) is 24.3 Å². The molecule has 1 aliphatic heterocycles. The zero-order chi connectivity index (χ0) is 13.9. The number of ether oxygens (including phenoxy) is 2. The molecular formula is C15H21NO3. The number of methoxy groups -OCH3 is 1. The molecule has 0 bridgehead atoms. The van der Waals surface area contributed by atoms with Crippen LogP contribution in [0, 0.1) is 5.41 Å². The van der Waals surface area contributed by atoms with Crippen molar-refractivity contribution in [1.82, 2.24) is 5.32 Å². The zero-order valence-corrected chi connectivity index (χ0v) is 11.7. The fraction of sp³-hybridized carbons (Fsp3) is 0.533. The maximum atomic E-state index is 12.7. The third kappa shape index (κ3) is 2.96. The summed E-state index contributed by atoms with van der Waals surface area (Å²) >= 11 is 0. The van der Waals surface area contributed by atoms with Crippen LogP contribution in [0.3, 0.4) is 0 Å². The standard InChI is InChI=1S/C15H21NO3/c1-15(2,13-10-16-7-8-19-13)14(17)11-5-4-6-12(9-11)18-3/h4-6,9,13,16H,7-8,10H2,1-3H3. The molecule has 2 rings (SSSR count). The average molecular weight is 263 g/mol. The first-order chi connectivity index (χ1) is 9.05. The van der Waals surface area contributed by atoms with Crippen molar-refractivity contribution in [3.63, 3.8) is 0 Å². The van der Waals surface area contributed by atoms with E-state index in [0.717, 1.165) is 6.54 Å². The highest BCUT2D eigenvalue weighted by atomic mass is 16.5. The van der Waals surface area contributed by atoms with Gasteiger partial charge in [0.2, 0.25) is 0 Å². The smallest absolute Gasteiger partial charge is 0.171 e. The number of benzene rings is 1. The summed E-state index contributed by atoms with van der Waals surface area (Å²) in [6, 6.07) is 7.27. The molecule has 1 fully saturated rings. The first kappa shape index (κ1) is 14.0. The van der Waals surface area contributed by atoms with Crippen molar-refractivity contribution >= 4 is 5.78 Å². The largest absolute Gasteiger partial charge is 0.497 e. The number of ketones is 1. The molecule has 4 heteroatoms. The van der Waals surface area contributed by atoms with Crippen LogP contribution >= 0.6 is 0 Å². The van der Waals surface area contributed by atoms with E-state index in [4.69, 9.17) is 9.47 Å². The summed E-state index contributed by atoms with van der Waals surface area (Å²) < 4.78 is 10.9. The Morgan fingerprint density at radius 3 is 2.89 bits per heavy atom. The topological polar surface area (TPSA) is 47.6 Å². The third-order valence-corrected chi connectivity index (χ3v) is 3.65. The number of morpholine rings is 1. The van der Waals surface area contributed by atoms with E-state index in [9.17, 15) is 4.79 Å². The van der Waals surface area contributed by atoms with Crippen LogP contribution in [0.4, 0.5) is 0 Å². The Labute approximate surface area is 114 Å². The van der Waals surface area contributed by atoms with Crippen LogP contribution in [0.2, 0.25) is 0 Å². The third-order valence-electron chi connectivity index (χ3n) is 3.65. The summed E-state index contributed by atoms with van der Waals surface area (Å²) in [4.78, 5) is 12.7. The van der Waals surface area contributed by atoms with Crippen molar-refractivity contribution in [2.75, 3.05) is 26.8 Å². The van der Waals surface area contributed by atoms with Gasteiger partial charge in [0.25, 0.3) is 0 Å². The summed E-state index contributed by atoms with van der Waals surface area (Å²) in [5.41, 5.74) is 0.110. The van der Waals surface area contributed by atoms with E-state index in [1.807, 2.05) is 32.0 Å². The number of carbonyl (C=O) groups excluding carboxylic acids is 1. The second-order valence-corrected chi connectivity index (χ2v) is 5.35. The van der Waals surface area contributed by atoms with E-state index in [-0.39, 0.29) is 11.9 Å². The fourth-order valence-electron chi connectivity index (χ4n) is 2.31. The Kier molecular flexibility index (Phi) is 4.22. The normalized spacial score (nSPS) is 20.1. The summed E-state index contributed by atoms with van der Waals surface area (Å²) in [6.07, 6.45) is -0.0973. The highest BCUT2D eigenvalue weighted by molar-refractivity contribution is 6.00. The molecule has 0 radical (unpaired) electrons. The van der Waals surface area contributed by atoms with Crippen molar-refractivity contribution in [2.24, 2.45) is 5.41 Å². The number of nitrogens with one attached hydrogen (secondary N) is 1. The van der Waals surface area contributed by atoms with E-state index >= 15 is 0 Å². The summed E-state index contributed by atoms with van der Waals surface area (Å²) in [5, 5.41) is 3.27. The van der Waals surface area contributed by atoms with Gasteiger partial charge >= 0.3 is 0 Å². The number of Topliss-reactive ketones (excluding diaryl/α,β-unsaturated/α-hetero) is 1. The summed E-state index contributed by atoms with van der Waals surface area (Å²) in [6.45, 7) is 6.08. The minimum absolute atomic E-state index is 0.0834. The van der Waals surface area contributed by atoms with Crippen LogP contribution in [0.25, 0.3) is 0 Å². The molecule has 0 spiro atoms. The van der Waals surface area contributed by atoms with Gasteiger partial charge in [-0.15, -0.1) is 0 Å². The molecule has 0 saturated carbocycles. The number of hydrogen-bond donors (Lipinski definition) is 1. The Balaban J connectivity index is 2.20. The maximum absolute atomic E-state index is 12.7. The molecule has 1 aliphatic rings. The lowest BCUT2D eigenvalue weighted by atomic mass is 9.78. The molecule has 1 atom stereocenters. The Bertz CT molecular complexity index is 450. The predicted molar refractivity (Wildman–Crippen MR) is 73.7 cm³/mol. The fourth-order valence-corrected chi connectivity index (χ4v) is 2.31. The number of rotatable bonds is 4. The molecule has 1 saturated heterocycles. The lowest BCUT2D eigenvalue weighted by Crippen LogP contribution is -2.49. The molecule has 1 N–H and O–H groups in total. The minimum Gasteiger partial charge on any atom is -0.497 e. The predicted octanol–water partition coefficient (Wildman–Crippen LogP) is 1.89. The zero-order valence-electron chi connectivity index (χ0n) is 11.7. The van der Waals surface area contributed by atoms with E-state index < -0.39 is 5.41 Å². The van der Waals surface area contributed by atoms with Crippen molar-refractivity contribution in [1.29, 1.82) is 0 Å². The van der Waals surface area contributed by atoms with Gasteiger partial charge < -0.3 is 14.8 Å². The second-order valence-electron chi connectivity index (χ2n) is 5.35. The molecule has 1 aromatic rings. The van der Waals surface area contributed by atoms with Gasteiger partial charge in [-0.25, -0.2) is 0 Å². The Morgan fingerprint density at radius 1 is 1.47 bits per heavy atom. The molecule has 1 heterocycles. The molecule has 0 aliphatic carbocycles. The van der Waals surface area contributed by atoms with Crippen molar-refractivity contribution in [3.05, 3.63) is 29.8 Å². The van der Waals surface area contributed by atoms with Gasteiger partial charge in [0.15, 0.2) is 5.78 Å². The van der Waals surface area contributed by atoms with Gasteiger partial charge in [-0.05, 0) is 26.0 Å². The lowest BCUT2D eigenvalue weighted by Gasteiger charge is -2.36. The van der Waals surface area contributed by atoms with Gasteiger partial charge in [-0.1, -0.05) is 12.1 Å². The average Bonchev–Trinajstić information content (AvgIpc) is 2.47. The number of carbonyl (C=O) groups is 1. The molecule has 0 amide bonds. The maximum Gasteiger partial charge on any atom is 0.171 e. The molecule has 4 nitrogen and oxygen atoms in total. The SMILES string of the molecule is COc1cccc(C(=O)C(C)(C)C2CNCCO2)c1. The minimum atomic E-state index is -0.556. The Morgan fingerprint density at radius 2 is 2.26 bits per heavy atom. The van der Waals surface area contributed by atoms with E-state index in [1.54, 1.807) is 13.2 Å². The monoisotopic (exact) mass is 263 g/mol. The van der Waals surface area contributed by atoms with Gasteiger partial charge in [0.1, 0.15) is 5.75 Å². The van der Waals surface area contributed by atoms with Crippen molar-refractivity contribution in [3.8, 4) is 5.75 Å². The Hall–Kier alpha value is -1.39. The molecular weight excluding hydrogens is 242 g/mol. The molecule has 104 valence electrons. The quantitative estimate of drug-likeness (QED) is 0.843. The number of hydrogen-bond acceptors (Lipinski definition) is 4. The van der Waals surface area contributed by atoms with E-state index in [1.165, 1.54) is 0 Å².